The van der Waals surface area contributed by atoms with Gasteiger partial charge in [0.2, 0.25) is 5.82 Å². The van der Waals surface area contributed by atoms with Crippen LogP contribution in [0.1, 0.15) is 22.6 Å². The highest BCUT2D eigenvalue weighted by Crippen LogP contribution is 2.23. The number of nitrogens with zero attached hydrogens (tertiary/aromatic N) is 6. The molecule has 1 N–H and O–H groups in total. The monoisotopic (exact) mass is 355 g/mol. The highest BCUT2D eigenvalue weighted by Gasteiger charge is 2.16. The third-order valence-corrected chi connectivity index (χ3v) is 4.17. The molecule has 9 nitrogen and oxygen atoms in total. The molecule has 1 aromatic carbocycles. The van der Waals surface area contributed by atoms with Crippen molar-refractivity contribution in [1.82, 2.24) is 30.3 Å². The predicted molar refractivity (Wildman–Crippen MR) is 95.4 cm³/mol. The van der Waals surface area contributed by atoms with Gasteiger partial charge in [-0.25, -0.2) is 4.79 Å². The Bertz CT molecular complexity index is 925. The van der Waals surface area contributed by atoms with Crippen LogP contribution in [-0.2, 0) is 13.6 Å². The molecular weight excluding hydrogens is 334 g/mol. The Labute approximate surface area is 151 Å². The molecule has 0 aliphatic heterocycles. The van der Waals surface area contributed by atoms with Crippen LogP contribution in [0.5, 0.6) is 0 Å². The normalized spacial score (nSPS) is 10.8. The van der Waals surface area contributed by atoms with E-state index in [1.807, 2.05) is 39.0 Å². The molecule has 0 radical (unpaired) electrons. The van der Waals surface area contributed by atoms with Crippen molar-refractivity contribution in [2.24, 2.45) is 7.05 Å². The summed E-state index contributed by atoms with van der Waals surface area (Å²) in [6.07, 6.45) is 0. The number of hydrogen-bond acceptors (Lipinski definition) is 6. The van der Waals surface area contributed by atoms with Gasteiger partial charge in [-0.2, -0.15) is 4.80 Å². The summed E-state index contributed by atoms with van der Waals surface area (Å²) in [4.78, 5) is 15.6. The van der Waals surface area contributed by atoms with Crippen molar-refractivity contribution in [2.75, 3.05) is 12.4 Å². The molecule has 9 heteroatoms. The van der Waals surface area contributed by atoms with Gasteiger partial charge in [0.25, 0.3) is 0 Å². The topological polar surface area (TPSA) is 102 Å². The average Bonchev–Trinajstić information content (AvgIpc) is 3.17. The van der Waals surface area contributed by atoms with E-state index in [0.717, 1.165) is 22.4 Å². The summed E-state index contributed by atoms with van der Waals surface area (Å²) in [6, 6.07) is 5.43. The summed E-state index contributed by atoms with van der Waals surface area (Å²) in [6.45, 7) is 6.04. The van der Waals surface area contributed by atoms with Crippen LogP contribution >= 0.6 is 0 Å². The average molecular weight is 355 g/mol. The van der Waals surface area contributed by atoms with Gasteiger partial charge in [-0.15, -0.1) is 10.2 Å². The Morgan fingerprint density at radius 1 is 1.31 bits per heavy atom. The Morgan fingerprint density at radius 3 is 2.69 bits per heavy atom. The first kappa shape index (κ1) is 17.6. The van der Waals surface area contributed by atoms with Crippen molar-refractivity contribution in [2.45, 2.75) is 27.3 Å². The van der Waals surface area contributed by atoms with E-state index in [2.05, 4.69) is 25.9 Å². The van der Waals surface area contributed by atoms with E-state index in [4.69, 9.17) is 4.52 Å². The van der Waals surface area contributed by atoms with E-state index in [1.165, 1.54) is 4.80 Å². The highest BCUT2D eigenvalue weighted by atomic mass is 16.5. The molecule has 136 valence electrons. The number of urea groups is 1. The number of nitrogens with one attached hydrogen (secondary N) is 1. The number of aryl methyl sites for hydroxylation is 4. The van der Waals surface area contributed by atoms with Gasteiger partial charge in [0.15, 0.2) is 0 Å². The lowest BCUT2D eigenvalue weighted by atomic mass is 10.1. The first-order valence-corrected chi connectivity index (χ1v) is 8.14. The van der Waals surface area contributed by atoms with Crippen LogP contribution in [0.4, 0.5) is 10.5 Å². The van der Waals surface area contributed by atoms with Crippen molar-refractivity contribution in [3.63, 3.8) is 0 Å². The maximum atomic E-state index is 12.6. The van der Waals surface area contributed by atoms with Crippen LogP contribution < -0.4 is 5.32 Å². The van der Waals surface area contributed by atoms with Crippen LogP contribution in [-0.4, -0.2) is 43.3 Å². The van der Waals surface area contributed by atoms with Crippen molar-refractivity contribution < 1.29 is 9.32 Å². The van der Waals surface area contributed by atoms with Gasteiger partial charge < -0.3 is 14.7 Å². The van der Waals surface area contributed by atoms with Gasteiger partial charge in [0, 0.05) is 23.9 Å². The number of rotatable bonds is 4. The molecule has 2 aromatic heterocycles. The molecule has 0 aliphatic carbocycles. The van der Waals surface area contributed by atoms with E-state index < -0.39 is 0 Å². The van der Waals surface area contributed by atoms with Gasteiger partial charge in [-0.3, -0.25) is 0 Å². The van der Waals surface area contributed by atoms with Gasteiger partial charge in [-0.1, -0.05) is 17.3 Å². The number of amides is 2. The lowest BCUT2D eigenvalue weighted by Gasteiger charge is -2.19. The van der Waals surface area contributed by atoms with Crippen molar-refractivity contribution in [1.29, 1.82) is 0 Å². The van der Waals surface area contributed by atoms with Crippen molar-refractivity contribution in [3.05, 3.63) is 40.8 Å². The van der Waals surface area contributed by atoms with Gasteiger partial charge >= 0.3 is 6.03 Å². The Hall–Kier alpha value is -3.23. The first-order chi connectivity index (χ1) is 12.3. The number of tetrazole rings is 1. The molecule has 2 heterocycles. The molecular formula is C17H21N7O2. The second kappa shape index (κ2) is 6.95. The Kier molecular flexibility index (Phi) is 4.70. The maximum Gasteiger partial charge on any atom is 0.321 e. The maximum absolute atomic E-state index is 12.6. The summed E-state index contributed by atoms with van der Waals surface area (Å²) in [5, 5.41) is 18.9. The first-order valence-electron chi connectivity index (χ1n) is 8.14. The quantitative estimate of drug-likeness (QED) is 0.771. The molecule has 0 saturated heterocycles. The number of carbonyl (C=O) groups is 1. The minimum absolute atomic E-state index is 0.225. The summed E-state index contributed by atoms with van der Waals surface area (Å²) in [5.74, 6) is 1.22. The molecule has 0 atom stereocenters. The van der Waals surface area contributed by atoms with Crippen LogP contribution in [0, 0.1) is 20.8 Å². The zero-order valence-corrected chi connectivity index (χ0v) is 15.4. The molecule has 26 heavy (non-hydrogen) atoms. The zero-order chi connectivity index (χ0) is 18.8. The highest BCUT2D eigenvalue weighted by molar-refractivity contribution is 5.90. The van der Waals surface area contributed by atoms with Crippen molar-refractivity contribution in [3.8, 4) is 11.4 Å². The fourth-order valence-electron chi connectivity index (χ4n) is 2.54. The van der Waals surface area contributed by atoms with E-state index in [9.17, 15) is 4.79 Å². The lowest BCUT2D eigenvalue weighted by Crippen LogP contribution is -2.31. The standard InChI is InChI=1S/C17H21N7O2/c1-10-6-7-13(16-19-22-24(5)20-16)8-15(10)18-17(25)23(4)9-14-11(2)21-26-12(14)3/h6-8H,9H2,1-5H3,(H,18,25). The number of anilines is 1. The van der Waals surface area contributed by atoms with Gasteiger partial charge in [-0.05, 0) is 37.6 Å². The molecule has 0 aliphatic rings. The molecule has 3 aromatic rings. The summed E-state index contributed by atoms with van der Waals surface area (Å²) >= 11 is 0. The largest absolute Gasteiger partial charge is 0.361 e. The SMILES string of the molecule is Cc1ccc(-c2nnn(C)n2)cc1NC(=O)N(C)Cc1c(C)noc1C. The summed E-state index contributed by atoms with van der Waals surface area (Å²) < 4.78 is 5.15. The van der Waals surface area contributed by atoms with Gasteiger partial charge in [0.05, 0.1) is 19.3 Å². The van der Waals surface area contributed by atoms with E-state index in [1.54, 1.807) is 19.0 Å². The number of aromatic nitrogens is 5. The number of carbonyl (C=O) groups excluding carboxylic acids is 1. The molecule has 0 spiro atoms. The van der Waals surface area contributed by atoms with Crippen LogP contribution in [0.25, 0.3) is 11.4 Å². The lowest BCUT2D eigenvalue weighted by molar-refractivity contribution is 0.220. The van der Waals surface area contributed by atoms with Gasteiger partial charge in [0.1, 0.15) is 5.76 Å². The third kappa shape index (κ3) is 3.56. The summed E-state index contributed by atoms with van der Waals surface area (Å²) in [7, 11) is 3.43. The molecule has 2 amide bonds. The summed E-state index contributed by atoms with van der Waals surface area (Å²) in [5.41, 5.74) is 4.13. The minimum atomic E-state index is -0.225. The third-order valence-electron chi connectivity index (χ3n) is 4.17. The molecule has 0 unspecified atom stereocenters. The van der Waals surface area contributed by atoms with Crippen molar-refractivity contribution >= 4 is 11.7 Å². The molecule has 3 rings (SSSR count). The Balaban J connectivity index is 1.76. The van der Waals surface area contributed by atoms with E-state index in [-0.39, 0.29) is 6.03 Å². The van der Waals surface area contributed by atoms with E-state index >= 15 is 0 Å². The minimum Gasteiger partial charge on any atom is -0.361 e. The van der Waals surface area contributed by atoms with Crippen LogP contribution in [0.2, 0.25) is 0 Å². The molecule has 0 fully saturated rings. The zero-order valence-electron chi connectivity index (χ0n) is 15.4. The second-order valence-corrected chi connectivity index (χ2v) is 6.22. The molecule has 0 saturated carbocycles. The van der Waals surface area contributed by atoms with E-state index in [0.29, 0.717) is 23.8 Å². The number of benzene rings is 1. The van der Waals surface area contributed by atoms with Crippen LogP contribution in [0.15, 0.2) is 22.7 Å². The fourth-order valence-corrected chi connectivity index (χ4v) is 2.54. The molecule has 0 bridgehead atoms. The Morgan fingerprint density at radius 2 is 2.08 bits per heavy atom. The number of hydrogen-bond donors (Lipinski definition) is 1. The smallest absolute Gasteiger partial charge is 0.321 e. The predicted octanol–water partition coefficient (Wildman–Crippen LogP) is 2.45. The van der Waals surface area contributed by atoms with Crippen LogP contribution in [0.3, 0.4) is 0 Å². The second-order valence-electron chi connectivity index (χ2n) is 6.22. The fraction of sp³-hybridized carbons (Fsp3) is 0.353.